The van der Waals surface area contributed by atoms with Crippen molar-refractivity contribution in [2.75, 3.05) is 13.1 Å². The van der Waals surface area contributed by atoms with E-state index in [2.05, 4.69) is 5.32 Å². The Labute approximate surface area is 114 Å². The first-order valence-corrected chi connectivity index (χ1v) is 6.83. The number of amides is 3. The van der Waals surface area contributed by atoms with Gasteiger partial charge in [-0.2, -0.15) is 0 Å². The fourth-order valence-corrected chi connectivity index (χ4v) is 1.82. The van der Waals surface area contributed by atoms with Gasteiger partial charge in [-0.05, 0) is 12.8 Å². The number of rotatable bonds is 8. The molecule has 0 atom stereocenters. The molecule has 0 aromatic carbocycles. The summed E-state index contributed by atoms with van der Waals surface area (Å²) in [5.41, 5.74) is 0. The predicted molar refractivity (Wildman–Crippen MR) is 72.2 cm³/mol. The van der Waals surface area contributed by atoms with E-state index in [0.29, 0.717) is 13.1 Å². The molecule has 0 unspecified atom stereocenters. The molecular weight excluding hydrogens is 244 g/mol. The van der Waals surface area contributed by atoms with E-state index in [4.69, 9.17) is 0 Å². The van der Waals surface area contributed by atoms with Crippen LogP contribution in [0, 0.1) is 5.92 Å². The van der Waals surface area contributed by atoms with Crippen LogP contribution in [0.5, 0.6) is 0 Å². The molecule has 1 N–H and O–H groups in total. The predicted octanol–water partition coefficient (Wildman–Crippen LogP) is 1.24. The second-order valence-corrected chi connectivity index (χ2v) is 5.02. The van der Waals surface area contributed by atoms with E-state index in [0.717, 1.165) is 25.7 Å². The maximum Gasteiger partial charge on any atom is 0.253 e. The summed E-state index contributed by atoms with van der Waals surface area (Å²) >= 11 is 0. The van der Waals surface area contributed by atoms with Crippen molar-refractivity contribution < 1.29 is 14.4 Å². The number of hydrogen-bond acceptors (Lipinski definition) is 3. The third-order valence-corrected chi connectivity index (χ3v) is 3.03. The van der Waals surface area contributed by atoms with E-state index >= 15 is 0 Å². The highest BCUT2D eigenvalue weighted by Gasteiger charge is 2.21. The second kappa shape index (κ2) is 7.71. The fraction of sp³-hybridized carbons (Fsp3) is 0.643. The van der Waals surface area contributed by atoms with Crippen LogP contribution in [0.3, 0.4) is 0 Å². The van der Waals surface area contributed by atoms with Crippen LogP contribution in [-0.4, -0.2) is 35.7 Å². The lowest BCUT2D eigenvalue weighted by Crippen LogP contribution is -2.31. The van der Waals surface area contributed by atoms with E-state index in [1.807, 2.05) is 13.8 Å². The zero-order valence-corrected chi connectivity index (χ0v) is 11.6. The molecule has 1 aliphatic rings. The topological polar surface area (TPSA) is 66.5 Å². The highest BCUT2D eigenvalue weighted by Crippen LogP contribution is 2.07. The average molecular weight is 266 g/mol. The summed E-state index contributed by atoms with van der Waals surface area (Å²) in [7, 11) is 0. The van der Waals surface area contributed by atoms with Crippen molar-refractivity contribution in [2.24, 2.45) is 5.92 Å². The Bertz CT molecular complexity index is 357. The molecule has 106 valence electrons. The maximum absolute atomic E-state index is 11.3. The molecule has 5 nitrogen and oxygen atoms in total. The molecule has 0 saturated heterocycles. The van der Waals surface area contributed by atoms with Crippen LogP contribution >= 0.6 is 0 Å². The minimum atomic E-state index is -0.214. The van der Waals surface area contributed by atoms with Gasteiger partial charge in [0.15, 0.2) is 0 Å². The molecule has 0 fully saturated rings. The minimum absolute atomic E-state index is 0.0275. The molecular formula is C14H22N2O3. The third-order valence-electron chi connectivity index (χ3n) is 3.03. The van der Waals surface area contributed by atoms with Crippen LogP contribution in [0.25, 0.3) is 0 Å². The molecule has 1 aliphatic heterocycles. The Morgan fingerprint density at radius 1 is 1.11 bits per heavy atom. The highest BCUT2D eigenvalue weighted by atomic mass is 16.2. The molecule has 1 rings (SSSR count). The Kier molecular flexibility index (Phi) is 6.25. The van der Waals surface area contributed by atoms with Crippen LogP contribution in [0.2, 0.25) is 0 Å². The zero-order valence-electron chi connectivity index (χ0n) is 11.6. The summed E-state index contributed by atoms with van der Waals surface area (Å²) < 4.78 is 0. The number of hydrogen-bond donors (Lipinski definition) is 1. The Balaban J connectivity index is 1.99. The summed E-state index contributed by atoms with van der Waals surface area (Å²) in [5.74, 6) is -0.317. The maximum atomic E-state index is 11.3. The quantitative estimate of drug-likeness (QED) is 0.531. The standard InChI is InChI=1S/C14H22N2O3/c1-11(2)14(19)15-9-5-3-4-6-10-16-12(17)7-8-13(16)18/h7-8,11H,3-6,9-10H2,1-2H3,(H,15,19). The van der Waals surface area contributed by atoms with E-state index in [-0.39, 0.29) is 23.6 Å². The Morgan fingerprint density at radius 2 is 1.68 bits per heavy atom. The lowest BCUT2D eigenvalue weighted by Gasteiger charge is -2.13. The van der Waals surface area contributed by atoms with Crippen LogP contribution in [-0.2, 0) is 14.4 Å². The van der Waals surface area contributed by atoms with E-state index in [1.54, 1.807) is 0 Å². The van der Waals surface area contributed by atoms with Gasteiger partial charge >= 0.3 is 0 Å². The Morgan fingerprint density at radius 3 is 2.26 bits per heavy atom. The van der Waals surface area contributed by atoms with Gasteiger partial charge < -0.3 is 5.32 Å². The molecule has 0 aromatic rings. The van der Waals surface area contributed by atoms with Gasteiger partial charge in [0.25, 0.3) is 11.8 Å². The van der Waals surface area contributed by atoms with Gasteiger partial charge in [0.2, 0.25) is 5.91 Å². The molecule has 0 saturated carbocycles. The van der Waals surface area contributed by atoms with Gasteiger partial charge in [0.05, 0.1) is 0 Å². The summed E-state index contributed by atoms with van der Waals surface area (Å²) in [6, 6.07) is 0. The monoisotopic (exact) mass is 266 g/mol. The molecule has 0 spiro atoms. The van der Waals surface area contributed by atoms with Crippen molar-refractivity contribution in [1.82, 2.24) is 10.2 Å². The van der Waals surface area contributed by atoms with Crippen LogP contribution in [0.15, 0.2) is 12.2 Å². The number of nitrogens with one attached hydrogen (secondary N) is 1. The third kappa shape index (κ3) is 5.24. The van der Waals surface area contributed by atoms with Crippen LogP contribution in [0.1, 0.15) is 39.5 Å². The number of imide groups is 1. The summed E-state index contributed by atoms with van der Waals surface area (Å²) in [6.45, 7) is 4.92. The fourth-order valence-electron chi connectivity index (χ4n) is 1.82. The van der Waals surface area contributed by atoms with Crippen molar-refractivity contribution in [2.45, 2.75) is 39.5 Å². The van der Waals surface area contributed by atoms with Crippen molar-refractivity contribution in [3.8, 4) is 0 Å². The minimum Gasteiger partial charge on any atom is -0.356 e. The van der Waals surface area contributed by atoms with Crippen molar-refractivity contribution in [3.05, 3.63) is 12.2 Å². The lowest BCUT2D eigenvalue weighted by atomic mass is 10.1. The number of carbonyl (C=O) groups is 3. The smallest absolute Gasteiger partial charge is 0.253 e. The van der Waals surface area contributed by atoms with Crippen molar-refractivity contribution >= 4 is 17.7 Å². The van der Waals surface area contributed by atoms with E-state index in [1.165, 1.54) is 17.1 Å². The van der Waals surface area contributed by atoms with Gasteiger partial charge in [-0.3, -0.25) is 19.3 Å². The Hall–Kier alpha value is -1.65. The first kappa shape index (κ1) is 15.4. The van der Waals surface area contributed by atoms with Gasteiger partial charge in [-0.1, -0.05) is 26.7 Å². The van der Waals surface area contributed by atoms with E-state index in [9.17, 15) is 14.4 Å². The summed E-state index contributed by atoms with van der Waals surface area (Å²) in [4.78, 5) is 35.1. The molecule has 0 aromatic heterocycles. The van der Waals surface area contributed by atoms with Crippen LogP contribution < -0.4 is 5.32 Å². The lowest BCUT2D eigenvalue weighted by molar-refractivity contribution is -0.136. The molecule has 1 heterocycles. The largest absolute Gasteiger partial charge is 0.356 e. The molecule has 5 heteroatoms. The molecule has 0 bridgehead atoms. The zero-order chi connectivity index (χ0) is 14.3. The summed E-state index contributed by atoms with van der Waals surface area (Å²) in [6.07, 6.45) is 6.31. The first-order valence-electron chi connectivity index (χ1n) is 6.83. The normalized spacial score (nSPS) is 14.6. The number of nitrogens with zero attached hydrogens (tertiary/aromatic N) is 1. The van der Waals surface area contributed by atoms with Crippen molar-refractivity contribution in [3.63, 3.8) is 0 Å². The molecule has 3 amide bonds. The number of carbonyl (C=O) groups excluding carboxylic acids is 3. The second-order valence-electron chi connectivity index (χ2n) is 5.02. The van der Waals surface area contributed by atoms with Crippen molar-refractivity contribution in [1.29, 1.82) is 0 Å². The molecule has 0 radical (unpaired) electrons. The number of unbranched alkanes of at least 4 members (excludes halogenated alkanes) is 3. The SMILES string of the molecule is CC(C)C(=O)NCCCCCCN1C(=O)C=CC1=O. The van der Waals surface area contributed by atoms with Gasteiger partial charge in [-0.15, -0.1) is 0 Å². The van der Waals surface area contributed by atoms with Crippen LogP contribution in [0.4, 0.5) is 0 Å². The average Bonchev–Trinajstić information content (AvgIpc) is 2.68. The summed E-state index contributed by atoms with van der Waals surface area (Å²) in [5, 5.41) is 2.86. The van der Waals surface area contributed by atoms with E-state index < -0.39 is 0 Å². The molecule has 19 heavy (non-hydrogen) atoms. The molecule has 0 aliphatic carbocycles. The highest BCUT2D eigenvalue weighted by molar-refractivity contribution is 6.12. The van der Waals surface area contributed by atoms with Gasteiger partial charge in [0.1, 0.15) is 0 Å². The van der Waals surface area contributed by atoms with Gasteiger partial charge in [0, 0.05) is 31.2 Å². The first-order chi connectivity index (χ1) is 9.02. The van der Waals surface area contributed by atoms with Gasteiger partial charge in [-0.25, -0.2) is 0 Å².